The van der Waals surface area contributed by atoms with Gasteiger partial charge in [-0.1, -0.05) is 19.8 Å². The Morgan fingerprint density at radius 2 is 1.61 bits per heavy atom. The minimum absolute atomic E-state index is 0.144. The van der Waals surface area contributed by atoms with Crippen LogP contribution in [0.25, 0.3) is 0 Å². The van der Waals surface area contributed by atoms with Gasteiger partial charge in [-0.25, -0.2) is 4.39 Å². The van der Waals surface area contributed by atoms with Gasteiger partial charge in [-0.05, 0) is 55.9 Å². The average Bonchev–Trinajstić information content (AvgIpc) is 2.35. The Balaban J connectivity index is 2.19. The van der Waals surface area contributed by atoms with E-state index in [0.717, 1.165) is 31.6 Å². The fourth-order valence-electron chi connectivity index (χ4n) is 2.85. The fourth-order valence-corrected chi connectivity index (χ4v) is 2.85. The van der Waals surface area contributed by atoms with Gasteiger partial charge in [0.1, 0.15) is 5.82 Å². The summed E-state index contributed by atoms with van der Waals surface area (Å²) in [4.78, 5) is 12.4. The maximum absolute atomic E-state index is 13.6. The largest absolute Gasteiger partial charge is 0.294 e. The zero-order valence-corrected chi connectivity index (χ0v) is 11.4. The molecule has 0 radical (unpaired) electrons. The number of carbonyl (C=O) groups is 1. The van der Waals surface area contributed by atoms with Crippen LogP contribution in [0.1, 0.15) is 54.1 Å². The van der Waals surface area contributed by atoms with Crippen molar-refractivity contribution >= 4 is 5.78 Å². The van der Waals surface area contributed by atoms with Gasteiger partial charge < -0.3 is 0 Å². The van der Waals surface area contributed by atoms with Gasteiger partial charge in [0.25, 0.3) is 0 Å². The maximum Gasteiger partial charge on any atom is 0.165 e. The highest BCUT2D eigenvalue weighted by molar-refractivity contribution is 5.98. The van der Waals surface area contributed by atoms with Crippen molar-refractivity contribution in [3.05, 3.63) is 34.6 Å². The number of aryl methyl sites for hydroxylation is 2. The van der Waals surface area contributed by atoms with Crippen molar-refractivity contribution in [2.24, 2.45) is 11.8 Å². The van der Waals surface area contributed by atoms with Crippen LogP contribution in [0.2, 0.25) is 0 Å². The molecule has 98 valence electrons. The lowest BCUT2D eigenvalue weighted by Crippen LogP contribution is -2.21. The summed E-state index contributed by atoms with van der Waals surface area (Å²) in [5.41, 5.74) is 1.83. The van der Waals surface area contributed by atoms with Crippen molar-refractivity contribution in [1.82, 2.24) is 0 Å². The van der Waals surface area contributed by atoms with Crippen LogP contribution in [-0.2, 0) is 0 Å². The number of Topliss-reactive ketones (excluding diaryl/α,β-unsaturated/α-hetero) is 1. The van der Waals surface area contributed by atoms with Crippen LogP contribution in [0.4, 0.5) is 4.39 Å². The van der Waals surface area contributed by atoms with Crippen molar-refractivity contribution in [2.45, 2.75) is 46.5 Å². The first-order valence-corrected chi connectivity index (χ1v) is 6.80. The standard InChI is InChI=1S/C16H21FO/c1-10-4-6-13(7-5-10)16(18)14-8-11(2)15(17)12(3)9-14/h8-10,13H,4-7H2,1-3H3. The van der Waals surface area contributed by atoms with Crippen molar-refractivity contribution in [1.29, 1.82) is 0 Å². The third kappa shape index (κ3) is 2.63. The predicted molar refractivity (Wildman–Crippen MR) is 71.3 cm³/mol. The molecule has 18 heavy (non-hydrogen) atoms. The van der Waals surface area contributed by atoms with Crippen LogP contribution >= 0.6 is 0 Å². The highest BCUT2D eigenvalue weighted by Gasteiger charge is 2.25. The summed E-state index contributed by atoms with van der Waals surface area (Å²) in [6.07, 6.45) is 4.23. The Morgan fingerprint density at radius 3 is 2.11 bits per heavy atom. The van der Waals surface area contributed by atoms with Gasteiger partial charge in [0.05, 0.1) is 0 Å². The number of hydrogen-bond donors (Lipinski definition) is 0. The highest BCUT2D eigenvalue weighted by Crippen LogP contribution is 2.31. The first kappa shape index (κ1) is 13.3. The molecule has 0 aromatic heterocycles. The second-order valence-electron chi connectivity index (χ2n) is 5.75. The molecule has 0 spiro atoms. The van der Waals surface area contributed by atoms with Crippen molar-refractivity contribution in [2.75, 3.05) is 0 Å². The fraction of sp³-hybridized carbons (Fsp3) is 0.562. The number of carbonyl (C=O) groups excluding carboxylic acids is 1. The summed E-state index contributed by atoms with van der Waals surface area (Å²) in [6, 6.07) is 3.39. The van der Waals surface area contributed by atoms with E-state index in [4.69, 9.17) is 0 Å². The molecular formula is C16H21FO. The molecule has 0 N–H and O–H groups in total. The van der Waals surface area contributed by atoms with Crippen LogP contribution in [0.15, 0.2) is 12.1 Å². The molecule has 1 aromatic rings. The zero-order valence-electron chi connectivity index (χ0n) is 11.4. The molecule has 2 rings (SSSR count). The lowest BCUT2D eigenvalue weighted by Gasteiger charge is -2.25. The Labute approximate surface area is 108 Å². The molecule has 0 unspecified atom stereocenters. The van der Waals surface area contributed by atoms with Gasteiger partial charge in [0.2, 0.25) is 0 Å². The molecule has 2 heteroatoms. The van der Waals surface area contributed by atoms with Crippen molar-refractivity contribution in [3.8, 4) is 0 Å². The Hall–Kier alpha value is -1.18. The van der Waals surface area contributed by atoms with E-state index in [1.54, 1.807) is 26.0 Å². The molecule has 1 fully saturated rings. The highest BCUT2D eigenvalue weighted by atomic mass is 19.1. The third-order valence-electron chi connectivity index (χ3n) is 4.11. The monoisotopic (exact) mass is 248 g/mol. The molecular weight excluding hydrogens is 227 g/mol. The van der Waals surface area contributed by atoms with E-state index in [9.17, 15) is 9.18 Å². The van der Waals surface area contributed by atoms with E-state index in [-0.39, 0.29) is 17.5 Å². The van der Waals surface area contributed by atoms with Gasteiger partial charge in [-0.2, -0.15) is 0 Å². The number of halogens is 1. The second-order valence-corrected chi connectivity index (χ2v) is 5.75. The molecule has 0 aliphatic heterocycles. The topological polar surface area (TPSA) is 17.1 Å². The van der Waals surface area contributed by atoms with E-state index in [2.05, 4.69) is 6.92 Å². The molecule has 0 atom stereocenters. The van der Waals surface area contributed by atoms with E-state index in [0.29, 0.717) is 16.7 Å². The number of benzene rings is 1. The first-order valence-electron chi connectivity index (χ1n) is 6.80. The zero-order chi connectivity index (χ0) is 13.3. The van der Waals surface area contributed by atoms with Crippen LogP contribution < -0.4 is 0 Å². The molecule has 1 aliphatic rings. The van der Waals surface area contributed by atoms with Crippen molar-refractivity contribution < 1.29 is 9.18 Å². The average molecular weight is 248 g/mol. The van der Waals surface area contributed by atoms with Crippen LogP contribution in [0, 0.1) is 31.5 Å². The van der Waals surface area contributed by atoms with Gasteiger partial charge in [-0.15, -0.1) is 0 Å². The minimum Gasteiger partial charge on any atom is -0.294 e. The lowest BCUT2D eigenvalue weighted by molar-refractivity contribution is 0.0875. The Bertz CT molecular complexity index is 433. The normalized spacial score (nSPS) is 24.0. The minimum atomic E-state index is -0.191. The van der Waals surface area contributed by atoms with Crippen molar-refractivity contribution in [3.63, 3.8) is 0 Å². The molecule has 0 saturated heterocycles. The summed E-state index contributed by atoms with van der Waals surface area (Å²) in [5.74, 6) is 0.896. The molecule has 1 aliphatic carbocycles. The molecule has 0 amide bonds. The molecule has 1 saturated carbocycles. The van der Waals surface area contributed by atoms with Crippen LogP contribution in [-0.4, -0.2) is 5.78 Å². The Kier molecular flexibility index (Phi) is 3.84. The first-order chi connectivity index (χ1) is 8.49. The summed E-state index contributed by atoms with van der Waals surface area (Å²) < 4.78 is 13.6. The van der Waals surface area contributed by atoms with Gasteiger partial charge >= 0.3 is 0 Å². The van der Waals surface area contributed by atoms with E-state index < -0.39 is 0 Å². The second kappa shape index (κ2) is 5.21. The van der Waals surface area contributed by atoms with Crippen LogP contribution in [0.5, 0.6) is 0 Å². The van der Waals surface area contributed by atoms with Crippen LogP contribution in [0.3, 0.4) is 0 Å². The summed E-state index contributed by atoms with van der Waals surface area (Å²) in [7, 11) is 0. The number of rotatable bonds is 2. The SMILES string of the molecule is Cc1cc(C(=O)C2CCC(C)CC2)cc(C)c1F. The smallest absolute Gasteiger partial charge is 0.165 e. The van der Waals surface area contributed by atoms with E-state index >= 15 is 0 Å². The molecule has 0 bridgehead atoms. The number of hydrogen-bond acceptors (Lipinski definition) is 1. The lowest BCUT2D eigenvalue weighted by atomic mass is 9.79. The summed E-state index contributed by atoms with van der Waals surface area (Å²) in [6.45, 7) is 5.69. The quantitative estimate of drug-likeness (QED) is 0.707. The summed E-state index contributed by atoms with van der Waals surface area (Å²) in [5, 5.41) is 0. The molecule has 0 heterocycles. The Morgan fingerprint density at radius 1 is 1.11 bits per heavy atom. The van der Waals surface area contributed by atoms with E-state index in [1.165, 1.54) is 0 Å². The summed E-state index contributed by atoms with van der Waals surface area (Å²) >= 11 is 0. The molecule has 1 aromatic carbocycles. The van der Waals surface area contributed by atoms with Gasteiger partial charge in [0, 0.05) is 11.5 Å². The third-order valence-corrected chi connectivity index (χ3v) is 4.11. The number of ketones is 1. The van der Waals surface area contributed by atoms with E-state index in [1.807, 2.05) is 0 Å². The molecule has 1 nitrogen and oxygen atoms in total. The van der Waals surface area contributed by atoms with Gasteiger partial charge in [-0.3, -0.25) is 4.79 Å². The van der Waals surface area contributed by atoms with Gasteiger partial charge in [0.15, 0.2) is 5.78 Å². The maximum atomic E-state index is 13.6. The predicted octanol–water partition coefficient (Wildman–Crippen LogP) is 4.45.